The Hall–Kier alpha value is -7.42. The molecular weight excluding hydrogens is 677 g/mol. The maximum atomic E-state index is 2.46. The van der Waals surface area contributed by atoms with Crippen LogP contribution in [0, 0.1) is 0 Å². The van der Waals surface area contributed by atoms with Gasteiger partial charge in [-0.3, -0.25) is 0 Å². The van der Waals surface area contributed by atoms with Crippen LogP contribution in [0.2, 0.25) is 0 Å². The van der Waals surface area contributed by atoms with Gasteiger partial charge < -0.3 is 9.13 Å². The van der Waals surface area contributed by atoms with Crippen LogP contribution in [-0.2, 0) is 0 Å². The van der Waals surface area contributed by atoms with E-state index in [1.165, 1.54) is 88.1 Å². The van der Waals surface area contributed by atoms with Crippen LogP contribution in [0.25, 0.3) is 99.5 Å². The van der Waals surface area contributed by atoms with E-state index in [4.69, 9.17) is 0 Å². The third kappa shape index (κ3) is 5.26. The van der Waals surface area contributed by atoms with Crippen molar-refractivity contribution in [3.05, 3.63) is 218 Å². The Morgan fingerprint density at radius 1 is 0.232 bits per heavy atom. The molecule has 0 radical (unpaired) electrons. The molecule has 11 aromatic rings. The molecule has 0 spiro atoms. The molecule has 9 aromatic carbocycles. The number of rotatable bonds is 6. The van der Waals surface area contributed by atoms with Crippen molar-refractivity contribution in [3.8, 4) is 55.9 Å². The lowest BCUT2D eigenvalue weighted by Crippen LogP contribution is -1.96. The number of benzene rings is 9. The topological polar surface area (TPSA) is 9.86 Å². The first-order valence-electron chi connectivity index (χ1n) is 19.3. The molecule has 11 rings (SSSR count). The van der Waals surface area contributed by atoms with Gasteiger partial charge in [-0.2, -0.15) is 0 Å². The van der Waals surface area contributed by atoms with Crippen LogP contribution in [0.3, 0.4) is 0 Å². The molecule has 56 heavy (non-hydrogen) atoms. The Morgan fingerprint density at radius 2 is 0.714 bits per heavy atom. The minimum absolute atomic E-state index is 1.14. The van der Waals surface area contributed by atoms with Crippen LogP contribution in [0.1, 0.15) is 0 Å². The summed E-state index contributed by atoms with van der Waals surface area (Å²) in [6.45, 7) is 0. The van der Waals surface area contributed by atoms with Crippen molar-refractivity contribution in [2.75, 3.05) is 0 Å². The van der Waals surface area contributed by atoms with Gasteiger partial charge in [0.2, 0.25) is 0 Å². The van der Waals surface area contributed by atoms with Gasteiger partial charge in [-0.15, -0.1) is 0 Å². The normalized spacial score (nSPS) is 11.6. The fourth-order valence-electron chi connectivity index (χ4n) is 8.74. The van der Waals surface area contributed by atoms with Gasteiger partial charge in [0.15, 0.2) is 0 Å². The van der Waals surface area contributed by atoms with Crippen LogP contribution < -0.4 is 0 Å². The molecule has 0 unspecified atom stereocenters. The highest BCUT2D eigenvalue weighted by atomic mass is 15.0. The van der Waals surface area contributed by atoms with Gasteiger partial charge in [-0.05, 0) is 99.1 Å². The lowest BCUT2D eigenvalue weighted by atomic mass is 9.97. The molecule has 262 valence electrons. The van der Waals surface area contributed by atoms with Crippen molar-refractivity contribution in [2.45, 2.75) is 0 Å². The second-order valence-electron chi connectivity index (χ2n) is 14.6. The van der Waals surface area contributed by atoms with Gasteiger partial charge in [0.1, 0.15) is 0 Å². The second kappa shape index (κ2) is 13.2. The van der Waals surface area contributed by atoms with E-state index in [2.05, 4.69) is 228 Å². The van der Waals surface area contributed by atoms with Crippen LogP contribution in [0.15, 0.2) is 218 Å². The van der Waals surface area contributed by atoms with E-state index < -0.39 is 0 Å². The van der Waals surface area contributed by atoms with Gasteiger partial charge in [-0.1, -0.05) is 164 Å². The minimum atomic E-state index is 1.14. The first-order valence-corrected chi connectivity index (χ1v) is 19.3. The molecule has 2 nitrogen and oxygen atoms in total. The summed E-state index contributed by atoms with van der Waals surface area (Å²) in [7, 11) is 0. The highest BCUT2D eigenvalue weighted by Gasteiger charge is 2.19. The van der Waals surface area contributed by atoms with E-state index in [0.29, 0.717) is 0 Å². The largest absolute Gasteiger partial charge is 0.309 e. The zero-order valence-corrected chi connectivity index (χ0v) is 30.7. The van der Waals surface area contributed by atoms with Crippen LogP contribution in [-0.4, -0.2) is 9.13 Å². The Balaban J connectivity index is 1.15. The summed E-state index contributed by atoms with van der Waals surface area (Å²) in [6, 6.07) is 79.5. The number of para-hydroxylation sites is 2. The highest BCUT2D eigenvalue weighted by Crippen LogP contribution is 2.42. The number of aromatic nitrogens is 2. The van der Waals surface area contributed by atoms with Crippen molar-refractivity contribution in [3.63, 3.8) is 0 Å². The Kier molecular flexibility index (Phi) is 7.53. The van der Waals surface area contributed by atoms with Gasteiger partial charge in [0.05, 0.1) is 22.1 Å². The van der Waals surface area contributed by atoms with E-state index in [-0.39, 0.29) is 0 Å². The zero-order valence-electron chi connectivity index (χ0n) is 30.7. The summed E-state index contributed by atoms with van der Waals surface area (Å²) < 4.78 is 4.89. The molecule has 0 fully saturated rings. The van der Waals surface area contributed by atoms with Crippen molar-refractivity contribution < 1.29 is 0 Å². The predicted molar refractivity (Wildman–Crippen MR) is 237 cm³/mol. The Morgan fingerprint density at radius 3 is 1.39 bits per heavy atom. The quantitative estimate of drug-likeness (QED) is 0.162. The predicted octanol–water partition coefficient (Wildman–Crippen LogP) is 14.5. The molecule has 0 N–H and O–H groups in total. The average molecular weight is 713 g/mol. The van der Waals surface area contributed by atoms with Gasteiger partial charge in [0, 0.05) is 32.9 Å². The number of hydrogen-bond donors (Lipinski definition) is 0. The van der Waals surface area contributed by atoms with Gasteiger partial charge in [0.25, 0.3) is 0 Å². The van der Waals surface area contributed by atoms with Crippen LogP contribution in [0.5, 0.6) is 0 Å². The Labute approximate surface area is 325 Å². The molecule has 2 heterocycles. The lowest BCUT2D eigenvalue weighted by molar-refractivity contribution is 1.18. The molecule has 0 atom stereocenters. The summed E-state index contributed by atoms with van der Waals surface area (Å²) in [5, 5.41) is 4.98. The first kappa shape index (κ1) is 32.0. The lowest BCUT2D eigenvalue weighted by Gasteiger charge is -2.14. The van der Waals surface area contributed by atoms with E-state index >= 15 is 0 Å². The Bertz CT molecular complexity index is 3170. The third-order valence-corrected chi connectivity index (χ3v) is 11.3. The molecule has 2 heteroatoms. The summed E-state index contributed by atoms with van der Waals surface area (Å²) >= 11 is 0. The van der Waals surface area contributed by atoms with Crippen LogP contribution in [0.4, 0.5) is 0 Å². The van der Waals surface area contributed by atoms with Crippen molar-refractivity contribution >= 4 is 43.6 Å². The van der Waals surface area contributed by atoms with Gasteiger partial charge >= 0.3 is 0 Å². The number of hydrogen-bond acceptors (Lipinski definition) is 0. The summed E-state index contributed by atoms with van der Waals surface area (Å²) in [5.41, 5.74) is 16.7. The third-order valence-electron chi connectivity index (χ3n) is 11.3. The standard InChI is InChI=1S/C54H36N2/c1-4-16-37(17-5-1)40-22-14-23-44(33-40)55-51-28-13-11-25-49(51)54-46(26-15-29-52(54)55)41-30-31-48-47-24-10-12-27-50(47)56(53(48)36-41)45-34-42(38-18-6-2-7-19-38)32-43(35-45)39-20-8-3-9-21-39/h1-36H. The molecule has 0 amide bonds. The highest BCUT2D eigenvalue weighted by molar-refractivity contribution is 6.17. The van der Waals surface area contributed by atoms with Gasteiger partial charge in [-0.25, -0.2) is 0 Å². The van der Waals surface area contributed by atoms with Crippen molar-refractivity contribution in [1.82, 2.24) is 9.13 Å². The van der Waals surface area contributed by atoms with E-state index in [9.17, 15) is 0 Å². The molecule has 0 saturated heterocycles. The smallest absolute Gasteiger partial charge is 0.0547 e. The molecule has 0 aliphatic rings. The first-order chi connectivity index (χ1) is 27.8. The number of nitrogens with zero attached hydrogens (tertiary/aromatic N) is 2. The summed E-state index contributed by atoms with van der Waals surface area (Å²) in [4.78, 5) is 0. The molecule has 0 saturated carbocycles. The van der Waals surface area contributed by atoms with E-state index in [1.54, 1.807) is 0 Å². The minimum Gasteiger partial charge on any atom is -0.309 e. The van der Waals surface area contributed by atoms with Crippen LogP contribution >= 0.6 is 0 Å². The maximum Gasteiger partial charge on any atom is 0.0547 e. The maximum absolute atomic E-state index is 2.46. The second-order valence-corrected chi connectivity index (χ2v) is 14.6. The zero-order chi connectivity index (χ0) is 37.0. The SMILES string of the molecule is c1ccc(-c2cc(-c3ccccc3)cc(-n3c4ccccc4c4ccc(-c5cccc6c5c5ccccc5n6-c5cccc(-c6ccccc6)c5)cc43)c2)cc1. The monoisotopic (exact) mass is 712 g/mol. The molecule has 2 aromatic heterocycles. The fraction of sp³-hybridized carbons (Fsp3) is 0. The molecule has 0 aliphatic heterocycles. The van der Waals surface area contributed by atoms with Crippen molar-refractivity contribution in [2.24, 2.45) is 0 Å². The van der Waals surface area contributed by atoms with E-state index in [1.807, 2.05) is 0 Å². The molecule has 0 bridgehead atoms. The number of fused-ring (bicyclic) bond motifs is 6. The molecule has 0 aliphatic carbocycles. The fourth-order valence-corrected chi connectivity index (χ4v) is 8.74. The molecular formula is C54H36N2. The summed E-state index contributed by atoms with van der Waals surface area (Å²) in [6.07, 6.45) is 0. The van der Waals surface area contributed by atoms with Crippen molar-refractivity contribution in [1.29, 1.82) is 0 Å². The summed E-state index contributed by atoms with van der Waals surface area (Å²) in [5.74, 6) is 0. The van der Waals surface area contributed by atoms with E-state index in [0.717, 1.165) is 11.4 Å². The average Bonchev–Trinajstić information content (AvgIpc) is 3.80.